The minimum absolute atomic E-state index is 0.307. The molecule has 0 radical (unpaired) electrons. The highest BCUT2D eigenvalue weighted by Gasteiger charge is 1.87. The SMILES string of the molecule is CCCCC(C)=O.N#N. The van der Waals surface area contributed by atoms with Gasteiger partial charge in [-0.3, -0.25) is 0 Å². The maximum atomic E-state index is 10.2. The summed E-state index contributed by atoms with van der Waals surface area (Å²) in [7, 11) is 0. The summed E-state index contributed by atoms with van der Waals surface area (Å²) in [5.41, 5.74) is 0. The van der Waals surface area contributed by atoms with Crippen LogP contribution in [0.5, 0.6) is 0 Å². The highest BCUT2D eigenvalue weighted by atomic mass is 16.1. The summed E-state index contributed by atoms with van der Waals surface area (Å²) in [6, 6.07) is 0. The minimum atomic E-state index is 0.307. The van der Waals surface area contributed by atoms with Gasteiger partial charge in [-0.15, -0.1) is 0 Å². The van der Waals surface area contributed by atoms with E-state index >= 15 is 0 Å². The van der Waals surface area contributed by atoms with Crippen LogP contribution in [0.15, 0.2) is 0 Å². The summed E-state index contributed by atoms with van der Waals surface area (Å²) < 4.78 is 0. The Labute approximate surface area is 55.5 Å². The summed E-state index contributed by atoms with van der Waals surface area (Å²) in [5, 5.41) is 12.0. The van der Waals surface area contributed by atoms with Crippen LogP contribution in [0.25, 0.3) is 0 Å². The van der Waals surface area contributed by atoms with Gasteiger partial charge in [0.2, 0.25) is 0 Å². The van der Waals surface area contributed by atoms with E-state index in [0.29, 0.717) is 5.78 Å². The molecule has 3 heteroatoms. The van der Waals surface area contributed by atoms with Crippen molar-refractivity contribution in [1.82, 2.24) is 0 Å². The molecule has 0 fully saturated rings. The van der Waals surface area contributed by atoms with Crippen molar-refractivity contribution in [3.05, 3.63) is 0 Å². The molecule has 0 aliphatic heterocycles. The highest BCUT2D eigenvalue weighted by molar-refractivity contribution is 5.75. The number of nitrogens with zero attached hydrogens (tertiary/aromatic N) is 2. The van der Waals surface area contributed by atoms with Crippen LogP contribution < -0.4 is 0 Å². The van der Waals surface area contributed by atoms with Crippen LogP contribution in [0.3, 0.4) is 0 Å². The van der Waals surface area contributed by atoms with Gasteiger partial charge in [-0.1, -0.05) is 13.3 Å². The molecule has 0 spiro atoms. The Kier molecular flexibility index (Phi) is 12.4. The zero-order valence-electron chi connectivity index (χ0n) is 5.92. The smallest absolute Gasteiger partial charge is 0.129 e. The van der Waals surface area contributed by atoms with Gasteiger partial charge in [-0.05, 0) is 13.3 Å². The van der Waals surface area contributed by atoms with Crippen LogP contribution in [0.1, 0.15) is 33.1 Å². The summed E-state index contributed by atoms with van der Waals surface area (Å²) in [5.74, 6) is 0.307. The van der Waals surface area contributed by atoms with Crippen molar-refractivity contribution in [2.75, 3.05) is 0 Å². The third-order valence-corrected chi connectivity index (χ3v) is 0.882. The Bertz CT molecular complexity index is 88.3. The first kappa shape index (κ1) is 11.0. The summed E-state index contributed by atoms with van der Waals surface area (Å²) in [4.78, 5) is 10.2. The molecule has 9 heavy (non-hydrogen) atoms. The monoisotopic (exact) mass is 128 g/mol. The lowest BCUT2D eigenvalue weighted by Crippen LogP contribution is -1.86. The Hall–Kier alpha value is -0.910. The van der Waals surface area contributed by atoms with Crippen LogP contribution in [0.4, 0.5) is 0 Å². The van der Waals surface area contributed by atoms with E-state index in [2.05, 4.69) is 6.92 Å². The zero-order valence-corrected chi connectivity index (χ0v) is 5.92. The van der Waals surface area contributed by atoms with Crippen molar-refractivity contribution in [2.45, 2.75) is 33.1 Å². The molecule has 0 amide bonds. The molecule has 0 saturated heterocycles. The maximum Gasteiger partial charge on any atom is 0.129 e. The van der Waals surface area contributed by atoms with E-state index in [9.17, 15) is 4.79 Å². The van der Waals surface area contributed by atoms with Crippen molar-refractivity contribution < 1.29 is 4.79 Å². The molecular weight excluding hydrogens is 116 g/mol. The summed E-state index contributed by atoms with van der Waals surface area (Å²) >= 11 is 0. The van der Waals surface area contributed by atoms with Crippen molar-refractivity contribution in [2.24, 2.45) is 0 Å². The van der Waals surface area contributed by atoms with E-state index in [1.165, 1.54) is 0 Å². The average Bonchev–Trinajstić information content (AvgIpc) is 1.88. The van der Waals surface area contributed by atoms with E-state index < -0.39 is 0 Å². The quantitative estimate of drug-likeness (QED) is 0.544. The van der Waals surface area contributed by atoms with Crippen molar-refractivity contribution >= 4 is 5.78 Å². The predicted molar refractivity (Wildman–Crippen MR) is 33.7 cm³/mol. The van der Waals surface area contributed by atoms with E-state index in [4.69, 9.17) is 10.8 Å². The summed E-state index contributed by atoms with van der Waals surface area (Å²) in [6.45, 7) is 3.72. The first-order valence-electron chi connectivity index (χ1n) is 2.96. The lowest BCUT2D eigenvalue weighted by Gasteiger charge is -1.86. The Morgan fingerprint density at radius 3 is 2.00 bits per heavy atom. The van der Waals surface area contributed by atoms with Crippen LogP contribution >= 0.6 is 0 Å². The van der Waals surface area contributed by atoms with Gasteiger partial charge in [0.25, 0.3) is 0 Å². The largest absolute Gasteiger partial charge is 0.300 e. The molecule has 3 nitrogen and oxygen atoms in total. The fourth-order valence-electron chi connectivity index (χ4n) is 0.426. The van der Waals surface area contributed by atoms with Gasteiger partial charge in [-0.25, -0.2) is 0 Å². The molecule has 0 rings (SSSR count). The third-order valence-electron chi connectivity index (χ3n) is 0.882. The van der Waals surface area contributed by atoms with E-state index in [1.54, 1.807) is 6.92 Å². The Morgan fingerprint density at radius 2 is 1.89 bits per heavy atom. The Balaban J connectivity index is 0. The first-order valence-corrected chi connectivity index (χ1v) is 2.96. The Morgan fingerprint density at radius 1 is 1.44 bits per heavy atom. The molecule has 0 atom stereocenters. The lowest BCUT2D eigenvalue weighted by atomic mass is 10.2. The number of hydrogen-bond donors (Lipinski definition) is 0. The minimum Gasteiger partial charge on any atom is -0.300 e. The molecule has 0 aromatic heterocycles. The van der Waals surface area contributed by atoms with Gasteiger partial charge in [0.1, 0.15) is 5.78 Å². The second-order valence-corrected chi connectivity index (χ2v) is 1.81. The molecule has 0 aliphatic rings. The maximum absolute atomic E-state index is 10.2. The molecular formula is C6H12N2O. The number of rotatable bonds is 3. The van der Waals surface area contributed by atoms with Crippen LogP contribution in [0.2, 0.25) is 0 Å². The molecule has 0 aromatic carbocycles. The van der Waals surface area contributed by atoms with Crippen molar-refractivity contribution in [3.8, 4) is 0 Å². The van der Waals surface area contributed by atoms with Gasteiger partial charge in [-0.2, -0.15) is 0 Å². The molecule has 0 aromatic rings. The zero-order chi connectivity index (χ0) is 7.70. The number of ketones is 1. The summed E-state index contributed by atoms with van der Waals surface area (Å²) in [6.07, 6.45) is 2.94. The van der Waals surface area contributed by atoms with E-state index in [1.807, 2.05) is 0 Å². The molecule has 0 heterocycles. The lowest BCUT2D eigenvalue weighted by molar-refractivity contribution is -0.117. The number of unbranched alkanes of at least 4 members (excludes halogenated alkanes) is 1. The van der Waals surface area contributed by atoms with Crippen LogP contribution in [-0.4, -0.2) is 5.78 Å². The fraction of sp³-hybridized carbons (Fsp3) is 0.833. The standard InChI is InChI=1S/C6H12O.N2/c1-3-4-5-6(2)7;1-2/h3-5H2,1-2H3;. The van der Waals surface area contributed by atoms with E-state index in [0.717, 1.165) is 19.3 Å². The number of Topliss-reactive ketones (excluding diaryl/α,β-unsaturated/α-hetero) is 1. The van der Waals surface area contributed by atoms with Gasteiger partial charge < -0.3 is 4.79 Å². The molecule has 0 N–H and O–H groups in total. The third kappa shape index (κ3) is 19.2. The average molecular weight is 128 g/mol. The van der Waals surface area contributed by atoms with Gasteiger partial charge in [0.05, 0.1) is 0 Å². The highest BCUT2D eigenvalue weighted by Crippen LogP contribution is 1.92. The van der Waals surface area contributed by atoms with Gasteiger partial charge in [0.15, 0.2) is 0 Å². The van der Waals surface area contributed by atoms with Gasteiger partial charge in [0, 0.05) is 17.2 Å². The normalized spacial score (nSPS) is 7.11. The number of carbonyl (C=O) groups excluding carboxylic acids is 1. The first-order chi connectivity index (χ1) is 4.27. The van der Waals surface area contributed by atoms with Gasteiger partial charge >= 0.3 is 0 Å². The molecule has 0 saturated carbocycles. The van der Waals surface area contributed by atoms with E-state index in [-0.39, 0.29) is 0 Å². The molecule has 0 bridgehead atoms. The molecule has 0 aliphatic carbocycles. The molecule has 0 unspecified atom stereocenters. The second-order valence-electron chi connectivity index (χ2n) is 1.81. The predicted octanol–water partition coefficient (Wildman–Crippen LogP) is 1.80. The number of hydrogen-bond acceptors (Lipinski definition) is 3. The van der Waals surface area contributed by atoms with Crippen LogP contribution in [-0.2, 0) is 4.79 Å². The topological polar surface area (TPSA) is 64.7 Å². The van der Waals surface area contributed by atoms with Crippen molar-refractivity contribution in [1.29, 1.82) is 10.8 Å². The van der Waals surface area contributed by atoms with Crippen molar-refractivity contribution in [3.63, 3.8) is 0 Å². The number of carbonyl (C=O) groups is 1. The van der Waals surface area contributed by atoms with Crippen LogP contribution in [0, 0.1) is 10.8 Å². The molecule has 52 valence electrons. The fourth-order valence-corrected chi connectivity index (χ4v) is 0.426. The second kappa shape index (κ2) is 10.1.